The Labute approximate surface area is 192 Å². The number of aromatic nitrogens is 6. The molecule has 6 rings (SSSR count). The van der Waals surface area contributed by atoms with Crippen LogP contribution in [0.1, 0.15) is 5.82 Å². The lowest BCUT2D eigenvalue weighted by atomic mass is 10.1. The van der Waals surface area contributed by atoms with E-state index in [4.69, 9.17) is 15.5 Å². The summed E-state index contributed by atoms with van der Waals surface area (Å²) in [6.07, 6.45) is 1.47. The van der Waals surface area contributed by atoms with Crippen LogP contribution >= 0.6 is 0 Å². The van der Waals surface area contributed by atoms with Crippen LogP contribution in [0.2, 0.25) is 0 Å². The van der Waals surface area contributed by atoms with E-state index in [2.05, 4.69) is 25.1 Å². The van der Waals surface area contributed by atoms with Gasteiger partial charge in [-0.15, -0.1) is 5.10 Å². The number of nitrogens with zero attached hydrogens (tertiary/aromatic N) is 6. The Morgan fingerprint density at radius 2 is 1.82 bits per heavy atom. The predicted octanol–water partition coefficient (Wildman–Crippen LogP) is 3.36. The van der Waals surface area contributed by atoms with Crippen molar-refractivity contribution in [2.24, 2.45) is 0 Å². The zero-order chi connectivity index (χ0) is 23.4. The van der Waals surface area contributed by atoms with E-state index in [9.17, 15) is 8.78 Å². The third-order valence-corrected chi connectivity index (χ3v) is 6.06. The number of morpholine rings is 1. The monoisotopic (exact) mass is 462 g/mol. The Morgan fingerprint density at radius 3 is 2.59 bits per heavy atom. The number of aryl methyl sites for hydroxylation is 1. The normalized spacial score (nSPS) is 14.4. The number of aromatic amines is 1. The number of hydrogen-bond donors (Lipinski definition) is 2. The molecule has 3 N–H and O–H groups in total. The highest BCUT2D eigenvalue weighted by Crippen LogP contribution is 2.36. The van der Waals surface area contributed by atoms with Crippen molar-refractivity contribution in [2.75, 3.05) is 36.9 Å². The number of nitrogens with one attached hydrogen (secondary N) is 1. The van der Waals surface area contributed by atoms with Crippen LogP contribution in [-0.4, -0.2) is 56.0 Å². The van der Waals surface area contributed by atoms with E-state index in [1.54, 1.807) is 6.07 Å². The van der Waals surface area contributed by atoms with Gasteiger partial charge in [0.2, 0.25) is 5.95 Å². The van der Waals surface area contributed by atoms with Crippen molar-refractivity contribution in [3.05, 3.63) is 54.0 Å². The van der Waals surface area contributed by atoms with E-state index in [1.165, 1.54) is 6.20 Å². The smallest absolute Gasteiger partial charge is 0.239 e. The SMILES string of the molecule is Cc1nc2c(-c3nc(N)n[nH]3)cc(N3CCOCC3)cc2n1-c1ccnc2c(F)ccc(F)c12. The Bertz CT molecular complexity index is 1550. The van der Waals surface area contributed by atoms with Crippen LogP contribution in [-0.2, 0) is 4.74 Å². The molecular formula is C23H20F2N8O. The van der Waals surface area contributed by atoms with Crippen molar-refractivity contribution in [3.8, 4) is 17.1 Å². The van der Waals surface area contributed by atoms with E-state index in [0.29, 0.717) is 60.2 Å². The third kappa shape index (κ3) is 3.16. The standard InChI is InChI=1S/C23H20F2N8O/c1-12-28-20-14(22-29-23(26)31-30-22)10-13(32-6-8-34-9-7-32)11-18(20)33(12)17-4-5-27-21-16(25)3-2-15(24)19(17)21/h2-5,10-11H,6-9H2,1H3,(H3,26,29,30,31). The first kappa shape index (κ1) is 20.5. The molecule has 0 amide bonds. The Morgan fingerprint density at radius 1 is 1.03 bits per heavy atom. The van der Waals surface area contributed by atoms with Crippen LogP contribution in [0, 0.1) is 18.6 Å². The van der Waals surface area contributed by atoms with Gasteiger partial charge in [-0.2, -0.15) is 4.98 Å². The minimum absolute atomic E-state index is 0.0358. The molecule has 11 heteroatoms. The summed E-state index contributed by atoms with van der Waals surface area (Å²) in [5.41, 5.74) is 9.15. The molecule has 0 radical (unpaired) electrons. The molecule has 0 aliphatic carbocycles. The molecular weight excluding hydrogens is 442 g/mol. The molecule has 3 aromatic heterocycles. The van der Waals surface area contributed by atoms with Crippen molar-refractivity contribution >= 4 is 33.6 Å². The van der Waals surface area contributed by atoms with Gasteiger partial charge in [0.15, 0.2) is 5.82 Å². The van der Waals surface area contributed by atoms with Gasteiger partial charge in [-0.1, -0.05) is 0 Å². The number of fused-ring (bicyclic) bond motifs is 2. The summed E-state index contributed by atoms with van der Waals surface area (Å²) in [5.74, 6) is 0.0346. The van der Waals surface area contributed by atoms with Crippen molar-refractivity contribution in [3.63, 3.8) is 0 Å². The van der Waals surface area contributed by atoms with Gasteiger partial charge in [0.25, 0.3) is 0 Å². The number of nitrogens with two attached hydrogens (primary N) is 1. The van der Waals surface area contributed by atoms with Crippen molar-refractivity contribution in [1.29, 1.82) is 0 Å². The molecule has 1 aliphatic heterocycles. The Hall–Kier alpha value is -4.12. The lowest BCUT2D eigenvalue weighted by molar-refractivity contribution is 0.122. The van der Waals surface area contributed by atoms with Gasteiger partial charge in [-0.05, 0) is 37.3 Å². The molecule has 1 fully saturated rings. The molecule has 0 unspecified atom stereocenters. The van der Waals surface area contributed by atoms with Crippen LogP contribution in [0.15, 0.2) is 36.5 Å². The van der Waals surface area contributed by atoms with Crippen molar-refractivity contribution in [2.45, 2.75) is 6.92 Å². The fraction of sp³-hybridized carbons (Fsp3) is 0.217. The summed E-state index contributed by atoms with van der Waals surface area (Å²) in [5, 5.41) is 6.92. The predicted molar refractivity (Wildman–Crippen MR) is 124 cm³/mol. The summed E-state index contributed by atoms with van der Waals surface area (Å²) < 4.78 is 36.8. The number of hydrogen-bond acceptors (Lipinski definition) is 7. The van der Waals surface area contributed by atoms with E-state index < -0.39 is 11.6 Å². The fourth-order valence-corrected chi connectivity index (χ4v) is 4.53. The Balaban J connectivity index is 1.68. The zero-order valence-electron chi connectivity index (χ0n) is 18.2. The number of pyridine rings is 1. The minimum Gasteiger partial charge on any atom is -0.378 e. The van der Waals surface area contributed by atoms with Gasteiger partial charge in [0, 0.05) is 30.5 Å². The second-order valence-corrected chi connectivity index (χ2v) is 8.08. The number of H-pyrrole nitrogens is 1. The third-order valence-electron chi connectivity index (χ3n) is 6.06. The highest BCUT2D eigenvalue weighted by Gasteiger charge is 2.22. The summed E-state index contributed by atoms with van der Waals surface area (Å²) in [7, 11) is 0. The number of ether oxygens (including phenoxy) is 1. The van der Waals surface area contributed by atoms with Crippen LogP contribution in [0.3, 0.4) is 0 Å². The van der Waals surface area contributed by atoms with Gasteiger partial charge in [0.05, 0.1) is 29.8 Å². The van der Waals surface area contributed by atoms with E-state index >= 15 is 0 Å². The minimum atomic E-state index is -0.591. The van der Waals surface area contributed by atoms with Crippen molar-refractivity contribution < 1.29 is 13.5 Å². The summed E-state index contributed by atoms with van der Waals surface area (Å²) >= 11 is 0. The molecule has 0 spiro atoms. The molecule has 172 valence electrons. The second-order valence-electron chi connectivity index (χ2n) is 8.08. The first-order valence-electron chi connectivity index (χ1n) is 10.8. The zero-order valence-corrected chi connectivity index (χ0v) is 18.2. The molecule has 4 heterocycles. The van der Waals surface area contributed by atoms with Gasteiger partial charge < -0.3 is 15.4 Å². The molecule has 0 atom stereocenters. The van der Waals surface area contributed by atoms with Crippen LogP contribution in [0.5, 0.6) is 0 Å². The summed E-state index contributed by atoms with van der Waals surface area (Å²) in [6.45, 7) is 4.47. The largest absolute Gasteiger partial charge is 0.378 e. The maximum absolute atomic E-state index is 15.0. The van der Waals surface area contributed by atoms with Gasteiger partial charge in [0.1, 0.15) is 28.5 Å². The molecule has 34 heavy (non-hydrogen) atoms. The topological polar surface area (TPSA) is 111 Å². The first-order valence-corrected chi connectivity index (χ1v) is 10.8. The number of imidazole rings is 1. The lowest BCUT2D eigenvalue weighted by Gasteiger charge is -2.29. The maximum Gasteiger partial charge on any atom is 0.239 e. The maximum atomic E-state index is 15.0. The molecule has 0 bridgehead atoms. The number of benzene rings is 2. The van der Waals surface area contributed by atoms with Gasteiger partial charge >= 0.3 is 0 Å². The average Bonchev–Trinajstić information content (AvgIpc) is 3.43. The van der Waals surface area contributed by atoms with Gasteiger partial charge in [-0.25, -0.2) is 13.8 Å². The number of anilines is 2. The number of halogens is 2. The van der Waals surface area contributed by atoms with Crippen LogP contribution in [0.4, 0.5) is 20.4 Å². The second kappa shape index (κ2) is 7.73. The molecule has 5 aromatic rings. The average molecular weight is 462 g/mol. The Kier molecular flexibility index (Phi) is 4.66. The summed E-state index contributed by atoms with van der Waals surface area (Å²) in [6, 6.07) is 7.82. The van der Waals surface area contributed by atoms with E-state index in [1.807, 2.05) is 23.6 Å². The molecule has 1 aliphatic rings. The molecule has 0 saturated carbocycles. The molecule has 9 nitrogen and oxygen atoms in total. The highest BCUT2D eigenvalue weighted by atomic mass is 19.1. The first-order chi connectivity index (χ1) is 16.5. The summed E-state index contributed by atoms with van der Waals surface area (Å²) in [4.78, 5) is 15.3. The van der Waals surface area contributed by atoms with E-state index in [-0.39, 0.29) is 16.9 Å². The van der Waals surface area contributed by atoms with Crippen LogP contribution < -0.4 is 10.6 Å². The quantitative estimate of drug-likeness (QED) is 0.423. The lowest BCUT2D eigenvalue weighted by Crippen LogP contribution is -2.36. The number of rotatable bonds is 3. The number of nitrogen functional groups attached to an aromatic ring is 1. The van der Waals surface area contributed by atoms with Crippen molar-refractivity contribution in [1.82, 2.24) is 29.7 Å². The molecule has 2 aromatic carbocycles. The fourth-order valence-electron chi connectivity index (χ4n) is 4.53. The van der Waals surface area contributed by atoms with E-state index in [0.717, 1.165) is 17.8 Å². The molecule has 1 saturated heterocycles. The van der Waals surface area contributed by atoms with Crippen LogP contribution in [0.25, 0.3) is 39.0 Å². The highest BCUT2D eigenvalue weighted by molar-refractivity contribution is 5.97. The van der Waals surface area contributed by atoms with Gasteiger partial charge in [-0.3, -0.25) is 14.6 Å².